The van der Waals surface area contributed by atoms with Gasteiger partial charge in [0.05, 0.1) is 0 Å². The van der Waals surface area contributed by atoms with Crippen LogP contribution in [0.3, 0.4) is 0 Å². The van der Waals surface area contributed by atoms with E-state index in [1.54, 1.807) is 0 Å². The van der Waals surface area contributed by atoms with Crippen LogP contribution in [0.1, 0.15) is 52.4 Å². The van der Waals surface area contributed by atoms with Crippen molar-refractivity contribution in [1.82, 2.24) is 0 Å². The topological polar surface area (TPSA) is 115 Å². The molecule has 0 aromatic rings. The van der Waals surface area contributed by atoms with Gasteiger partial charge in [0.15, 0.2) is 0 Å². The van der Waals surface area contributed by atoms with Crippen molar-refractivity contribution in [2.45, 2.75) is 52.4 Å². The average molecular weight is 363 g/mol. The standard InChI is InChI=1S/2C5H13O3P.Co/c2*1-2-3-4-5-9(6,7)8;/h2*2-5H2,1H3,(H2,6,7,8);. The predicted molar refractivity (Wildman–Crippen MR) is 72.9 cm³/mol. The van der Waals surface area contributed by atoms with Gasteiger partial charge in [0.2, 0.25) is 0 Å². The SMILES string of the molecule is CCCCCP(=O)(O)O.CCCCCP(=O)(O)O.[Co]. The summed E-state index contributed by atoms with van der Waals surface area (Å²) in [7, 11) is -7.39. The summed E-state index contributed by atoms with van der Waals surface area (Å²) >= 11 is 0. The molecule has 121 valence electrons. The molecule has 0 unspecified atom stereocenters. The Hall–Kier alpha value is 0.806. The third-order valence-electron chi connectivity index (χ3n) is 2.11. The van der Waals surface area contributed by atoms with E-state index in [0.717, 1.165) is 25.7 Å². The second kappa shape index (κ2) is 13.8. The van der Waals surface area contributed by atoms with Crippen molar-refractivity contribution in [2.24, 2.45) is 0 Å². The van der Waals surface area contributed by atoms with Gasteiger partial charge in [0.25, 0.3) is 0 Å². The summed E-state index contributed by atoms with van der Waals surface area (Å²) < 4.78 is 20.4. The van der Waals surface area contributed by atoms with Gasteiger partial charge in [-0.15, -0.1) is 0 Å². The molecule has 19 heavy (non-hydrogen) atoms. The van der Waals surface area contributed by atoms with Crippen molar-refractivity contribution in [2.75, 3.05) is 12.3 Å². The van der Waals surface area contributed by atoms with Gasteiger partial charge in [-0.25, -0.2) is 0 Å². The van der Waals surface area contributed by atoms with Crippen molar-refractivity contribution in [3.63, 3.8) is 0 Å². The van der Waals surface area contributed by atoms with Gasteiger partial charge < -0.3 is 19.6 Å². The van der Waals surface area contributed by atoms with Crippen LogP contribution in [0.25, 0.3) is 0 Å². The molecule has 0 aliphatic carbocycles. The minimum atomic E-state index is -3.70. The smallest absolute Gasteiger partial charge is 0.324 e. The Bertz CT molecular complexity index is 247. The van der Waals surface area contributed by atoms with Crippen LogP contribution in [-0.2, 0) is 25.9 Å². The van der Waals surface area contributed by atoms with Crippen LogP contribution in [-0.4, -0.2) is 31.9 Å². The minimum absolute atomic E-state index is 0. The van der Waals surface area contributed by atoms with Crippen molar-refractivity contribution in [3.05, 3.63) is 0 Å². The summed E-state index contributed by atoms with van der Waals surface area (Å²) in [5.74, 6) is 0. The summed E-state index contributed by atoms with van der Waals surface area (Å²) in [6, 6.07) is 0. The molecule has 4 N–H and O–H groups in total. The van der Waals surface area contributed by atoms with Crippen LogP contribution in [0.15, 0.2) is 0 Å². The number of hydrogen-bond acceptors (Lipinski definition) is 2. The Kier molecular flexibility index (Phi) is 18.0. The number of hydrogen-bond donors (Lipinski definition) is 4. The first kappa shape index (κ1) is 24.8. The van der Waals surface area contributed by atoms with Crippen molar-refractivity contribution >= 4 is 15.2 Å². The zero-order valence-electron chi connectivity index (χ0n) is 11.5. The monoisotopic (exact) mass is 363 g/mol. The molecule has 0 aromatic carbocycles. The minimum Gasteiger partial charge on any atom is -0.324 e. The van der Waals surface area contributed by atoms with Crippen LogP contribution in [0.4, 0.5) is 0 Å². The van der Waals surface area contributed by atoms with E-state index in [9.17, 15) is 9.13 Å². The Morgan fingerprint density at radius 1 is 0.684 bits per heavy atom. The molecule has 0 aliphatic heterocycles. The summed E-state index contributed by atoms with van der Waals surface area (Å²) in [6.45, 7) is 4.00. The van der Waals surface area contributed by atoms with Crippen LogP contribution in [0.5, 0.6) is 0 Å². The molecule has 0 saturated carbocycles. The van der Waals surface area contributed by atoms with E-state index in [4.69, 9.17) is 19.6 Å². The molecular formula is C10H26CoO6P2. The van der Waals surface area contributed by atoms with Crippen molar-refractivity contribution < 1.29 is 45.5 Å². The quantitative estimate of drug-likeness (QED) is 0.389. The zero-order valence-corrected chi connectivity index (χ0v) is 14.3. The third-order valence-corrected chi connectivity index (χ3v) is 3.90. The Morgan fingerprint density at radius 3 is 1.11 bits per heavy atom. The molecule has 0 bridgehead atoms. The summed E-state index contributed by atoms with van der Waals surface area (Å²) in [4.78, 5) is 33.4. The molecule has 6 nitrogen and oxygen atoms in total. The predicted octanol–water partition coefficient (Wildman–Crippen LogP) is 2.71. The molecule has 0 heterocycles. The van der Waals surface area contributed by atoms with E-state index in [-0.39, 0.29) is 29.1 Å². The fraction of sp³-hybridized carbons (Fsp3) is 1.00. The Labute approximate surface area is 125 Å². The van der Waals surface area contributed by atoms with Crippen LogP contribution in [0, 0.1) is 0 Å². The van der Waals surface area contributed by atoms with E-state index in [1.807, 2.05) is 13.8 Å². The second-order valence-electron chi connectivity index (χ2n) is 4.19. The zero-order chi connectivity index (χ0) is 14.7. The molecule has 0 aliphatic rings. The molecule has 0 aromatic heterocycles. The molecule has 0 amide bonds. The van der Waals surface area contributed by atoms with E-state index in [0.29, 0.717) is 12.8 Å². The third kappa shape index (κ3) is 32.4. The largest absolute Gasteiger partial charge is 0.325 e. The Balaban J connectivity index is -0.000000256. The summed E-state index contributed by atoms with van der Waals surface area (Å²) in [5.41, 5.74) is 0. The first-order chi connectivity index (χ1) is 8.12. The maximum Gasteiger partial charge on any atom is 0.325 e. The van der Waals surface area contributed by atoms with E-state index >= 15 is 0 Å². The van der Waals surface area contributed by atoms with Gasteiger partial charge in [-0.2, -0.15) is 0 Å². The van der Waals surface area contributed by atoms with E-state index in [1.165, 1.54) is 0 Å². The van der Waals surface area contributed by atoms with E-state index in [2.05, 4.69) is 0 Å². The normalized spacial score (nSPS) is 11.3. The van der Waals surface area contributed by atoms with Gasteiger partial charge in [0, 0.05) is 29.1 Å². The fourth-order valence-electron chi connectivity index (χ4n) is 1.14. The molecule has 1 radical (unpaired) electrons. The fourth-order valence-corrected chi connectivity index (χ4v) is 2.41. The van der Waals surface area contributed by atoms with Crippen LogP contribution < -0.4 is 0 Å². The van der Waals surface area contributed by atoms with Crippen LogP contribution in [0.2, 0.25) is 0 Å². The average Bonchev–Trinajstić information content (AvgIpc) is 2.16. The summed E-state index contributed by atoms with van der Waals surface area (Å²) in [6.07, 6.45) is 5.18. The molecule has 9 heteroatoms. The van der Waals surface area contributed by atoms with Gasteiger partial charge >= 0.3 is 15.2 Å². The second-order valence-corrected chi connectivity index (χ2v) is 7.74. The number of unbranched alkanes of at least 4 members (excludes halogenated alkanes) is 4. The summed E-state index contributed by atoms with van der Waals surface area (Å²) in [5, 5.41) is 0. The molecular weight excluding hydrogens is 337 g/mol. The van der Waals surface area contributed by atoms with E-state index < -0.39 is 15.2 Å². The first-order valence-electron chi connectivity index (χ1n) is 6.21. The molecule has 0 atom stereocenters. The van der Waals surface area contributed by atoms with Crippen LogP contribution >= 0.6 is 15.2 Å². The maximum atomic E-state index is 10.2. The number of rotatable bonds is 8. The molecule has 0 spiro atoms. The van der Waals surface area contributed by atoms with Gasteiger partial charge in [0.1, 0.15) is 0 Å². The molecule has 0 saturated heterocycles. The Morgan fingerprint density at radius 2 is 0.947 bits per heavy atom. The van der Waals surface area contributed by atoms with Gasteiger partial charge in [-0.3, -0.25) is 9.13 Å². The van der Waals surface area contributed by atoms with Gasteiger partial charge in [-0.05, 0) is 12.8 Å². The first-order valence-corrected chi connectivity index (χ1v) is 9.81. The maximum absolute atomic E-state index is 10.2. The van der Waals surface area contributed by atoms with Crippen molar-refractivity contribution in [3.8, 4) is 0 Å². The molecule has 0 rings (SSSR count). The van der Waals surface area contributed by atoms with Gasteiger partial charge in [-0.1, -0.05) is 39.5 Å². The van der Waals surface area contributed by atoms with Crippen molar-refractivity contribution in [1.29, 1.82) is 0 Å². The molecule has 0 fully saturated rings.